The highest BCUT2D eigenvalue weighted by molar-refractivity contribution is 6.31. The molecule has 1 aromatic heterocycles. The molecule has 0 saturated heterocycles. The van der Waals surface area contributed by atoms with E-state index in [1.807, 2.05) is 39.0 Å². The van der Waals surface area contributed by atoms with E-state index >= 15 is 0 Å². The zero-order valence-electron chi connectivity index (χ0n) is 13.0. The van der Waals surface area contributed by atoms with Crippen LogP contribution in [0.4, 0.5) is 0 Å². The summed E-state index contributed by atoms with van der Waals surface area (Å²) >= 11 is 0. The minimum absolute atomic E-state index is 0.132. The fourth-order valence-electron chi connectivity index (χ4n) is 1.49. The third-order valence-corrected chi connectivity index (χ3v) is 3.88. The molecule has 20 heavy (non-hydrogen) atoms. The molecule has 108 valence electrons. The molecule has 1 aromatic rings. The molecular weight excluding hydrogens is 268 g/mol. The largest absolute Gasteiger partial charge is 0.406 e. The fourth-order valence-corrected chi connectivity index (χ4v) is 2.15. The summed E-state index contributed by atoms with van der Waals surface area (Å²) in [6.07, 6.45) is 0. The molecule has 1 atom stereocenters. The van der Waals surface area contributed by atoms with Gasteiger partial charge in [0.2, 0.25) is 9.76 Å². The Morgan fingerprint density at radius 1 is 1.30 bits per heavy atom. The lowest BCUT2D eigenvalue weighted by atomic mass is 10.0. The summed E-state index contributed by atoms with van der Waals surface area (Å²) < 4.78 is 6.04. The quantitative estimate of drug-likeness (QED) is 0.345. The van der Waals surface area contributed by atoms with Gasteiger partial charge in [-0.1, -0.05) is 38.9 Å². The predicted molar refractivity (Wildman–Crippen MR) is 81.4 cm³/mol. The fraction of sp³-hybridized carbons (Fsp3) is 0.643. The zero-order chi connectivity index (χ0) is 15.4. The van der Waals surface area contributed by atoms with E-state index < -0.39 is 5.60 Å². The van der Waals surface area contributed by atoms with E-state index in [-0.39, 0.29) is 11.1 Å². The molecular formula is C14H22N4OSi. The maximum Gasteiger partial charge on any atom is 0.237 e. The smallest absolute Gasteiger partial charge is 0.237 e. The monoisotopic (exact) mass is 290 g/mol. The van der Waals surface area contributed by atoms with Gasteiger partial charge in [0.1, 0.15) is 0 Å². The standard InChI is InChI=1S/C14H22N4OSi/c1-10(17-18-15)11-8-7-9-12(16-11)14(5,6)19-20-13(2,3)4/h7-10H,1-6H3/t10-/m0/s1. The molecule has 1 rings (SSSR count). The average Bonchev–Trinajstić information content (AvgIpc) is 2.36. The predicted octanol–water partition coefficient (Wildman–Crippen LogP) is 4.54. The molecule has 0 aromatic carbocycles. The lowest BCUT2D eigenvalue weighted by Gasteiger charge is -2.29. The van der Waals surface area contributed by atoms with E-state index in [9.17, 15) is 0 Å². The number of azide groups is 1. The van der Waals surface area contributed by atoms with Crippen molar-refractivity contribution < 1.29 is 4.43 Å². The van der Waals surface area contributed by atoms with E-state index in [4.69, 9.17) is 9.96 Å². The van der Waals surface area contributed by atoms with Crippen molar-refractivity contribution in [1.29, 1.82) is 0 Å². The van der Waals surface area contributed by atoms with E-state index in [1.54, 1.807) is 0 Å². The molecule has 0 saturated carbocycles. The van der Waals surface area contributed by atoms with Gasteiger partial charge in [-0.3, -0.25) is 4.98 Å². The first-order valence-electron chi connectivity index (χ1n) is 6.62. The van der Waals surface area contributed by atoms with E-state index in [2.05, 4.69) is 35.8 Å². The SMILES string of the molecule is C[C@H](N=[N+]=[N-])c1cccc(C(C)(C)O[Si]C(C)(C)C)n1. The van der Waals surface area contributed by atoms with Gasteiger partial charge in [0, 0.05) is 10.6 Å². The highest BCUT2D eigenvalue weighted by Gasteiger charge is 2.27. The van der Waals surface area contributed by atoms with Gasteiger partial charge in [-0.15, -0.1) is 0 Å². The van der Waals surface area contributed by atoms with Crippen molar-refractivity contribution in [2.75, 3.05) is 0 Å². The molecule has 0 aliphatic heterocycles. The second-order valence-corrected chi connectivity index (χ2v) is 8.20. The number of hydrogen-bond donors (Lipinski definition) is 0. The van der Waals surface area contributed by atoms with Gasteiger partial charge in [0.25, 0.3) is 0 Å². The van der Waals surface area contributed by atoms with Crippen LogP contribution in [0.25, 0.3) is 10.4 Å². The Balaban J connectivity index is 2.95. The number of rotatable bonds is 5. The maximum atomic E-state index is 8.51. The highest BCUT2D eigenvalue weighted by Crippen LogP contribution is 2.29. The second-order valence-electron chi connectivity index (χ2n) is 6.29. The van der Waals surface area contributed by atoms with Crippen LogP contribution in [0.5, 0.6) is 0 Å². The topological polar surface area (TPSA) is 70.9 Å². The van der Waals surface area contributed by atoms with Crippen LogP contribution in [-0.4, -0.2) is 14.7 Å². The molecule has 0 amide bonds. The number of aromatic nitrogens is 1. The Labute approximate surface area is 123 Å². The summed E-state index contributed by atoms with van der Waals surface area (Å²) in [6, 6.07) is 5.46. The molecule has 0 unspecified atom stereocenters. The molecule has 1 heterocycles. The highest BCUT2D eigenvalue weighted by atomic mass is 28.2. The molecule has 0 N–H and O–H groups in total. The van der Waals surface area contributed by atoms with Crippen LogP contribution in [0.3, 0.4) is 0 Å². The van der Waals surface area contributed by atoms with Crippen molar-refractivity contribution in [3.8, 4) is 0 Å². The van der Waals surface area contributed by atoms with Crippen molar-refractivity contribution in [1.82, 2.24) is 4.98 Å². The number of nitrogens with zero attached hydrogens (tertiary/aromatic N) is 4. The van der Waals surface area contributed by atoms with Crippen molar-refractivity contribution >= 4 is 9.76 Å². The van der Waals surface area contributed by atoms with Crippen LogP contribution in [0.2, 0.25) is 5.04 Å². The van der Waals surface area contributed by atoms with Crippen molar-refractivity contribution in [2.45, 2.75) is 58.2 Å². The Morgan fingerprint density at radius 2 is 1.95 bits per heavy atom. The number of pyridine rings is 1. The van der Waals surface area contributed by atoms with Gasteiger partial charge in [-0.25, -0.2) is 0 Å². The van der Waals surface area contributed by atoms with Crippen molar-refractivity contribution in [3.05, 3.63) is 40.0 Å². The van der Waals surface area contributed by atoms with Crippen molar-refractivity contribution in [2.24, 2.45) is 5.11 Å². The van der Waals surface area contributed by atoms with Gasteiger partial charge in [0.05, 0.1) is 17.3 Å². The minimum atomic E-state index is -0.461. The van der Waals surface area contributed by atoms with Gasteiger partial charge in [-0.2, -0.15) is 0 Å². The molecule has 0 aliphatic carbocycles. The van der Waals surface area contributed by atoms with Gasteiger partial charge in [-0.05, 0) is 36.5 Å². The van der Waals surface area contributed by atoms with Crippen LogP contribution >= 0.6 is 0 Å². The second kappa shape index (κ2) is 6.39. The molecule has 0 aliphatic rings. The first-order valence-corrected chi connectivity index (χ1v) is 7.53. The van der Waals surface area contributed by atoms with Crippen LogP contribution in [-0.2, 0) is 10.0 Å². The zero-order valence-corrected chi connectivity index (χ0v) is 14.0. The first-order chi connectivity index (χ1) is 9.15. The Bertz CT molecular complexity index is 504. The lowest BCUT2D eigenvalue weighted by molar-refractivity contribution is 0.104. The van der Waals surface area contributed by atoms with Crippen LogP contribution < -0.4 is 0 Å². The van der Waals surface area contributed by atoms with Crippen LogP contribution in [0.1, 0.15) is 59.0 Å². The summed E-state index contributed by atoms with van der Waals surface area (Å²) in [5.74, 6) is 0. The molecule has 0 fully saturated rings. The van der Waals surface area contributed by atoms with Crippen LogP contribution in [0, 0.1) is 0 Å². The third kappa shape index (κ3) is 4.96. The Kier molecular flexibility index (Phi) is 5.33. The Hall–Kier alpha value is -1.36. The summed E-state index contributed by atoms with van der Waals surface area (Å²) in [6.45, 7) is 12.3. The van der Waals surface area contributed by atoms with Gasteiger partial charge in [0.15, 0.2) is 0 Å². The van der Waals surface area contributed by atoms with Gasteiger partial charge >= 0.3 is 0 Å². The number of hydrogen-bond acceptors (Lipinski definition) is 3. The normalized spacial score (nSPS) is 13.7. The molecule has 2 radical (unpaired) electrons. The minimum Gasteiger partial charge on any atom is -0.406 e. The summed E-state index contributed by atoms with van der Waals surface area (Å²) in [5, 5.41) is 3.81. The summed E-state index contributed by atoms with van der Waals surface area (Å²) in [5.41, 5.74) is 9.66. The van der Waals surface area contributed by atoms with Crippen LogP contribution in [0.15, 0.2) is 23.3 Å². The molecule has 6 heteroatoms. The van der Waals surface area contributed by atoms with E-state index in [0.717, 1.165) is 11.4 Å². The first kappa shape index (κ1) is 16.7. The van der Waals surface area contributed by atoms with E-state index in [1.165, 1.54) is 0 Å². The van der Waals surface area contributed by atoms with Gasteiger partial charge < -0.3 is 4.43 Å². The maximum absolute atomic E-state index is 8.51. The van der Waals surface area contributed by atoms with E-state index in [0.29, 0.717) is 9.76 Å². The molecule has 0 bridgehead atoms. The Morgan fingerprint density at radius 3 is 2.50 bits per heavy atom. The van der Waals surface area contributed by atoms with Crippen molar-refractivity contribution in [3.63, 3.8) is 0 Å². The third-order valence-electron chi connectivity index (χ3n) is 2.65. The molecule has 5 nitrogen and oxygen atoms in total. The summed E-state index contributed by atoms with van der Waals surface area (Å²) in [7, 11) is 0.388. The average molecular weight is 290 g/mol. The lowest BCUT2D eigenvalue weighted by Crippen LogP contribution is -2.28. The molecule has 0 spiro atoms. The summed E-state index contributed by atoms with van der Waals surface area (Å²) in [4.78, 5) is 7.41.